The minimum Gasteiger partial charge on any atom is -0.462 e. The fourth-order valence-electron chi connectivity index (χ4n) is 7.48. The van der Waals surface area contributed by atoms with Crippen molar-refractivity contribution in [2.75, 3.05) is 13.2 Å². The summed E-state index contributed by atoms with van der Waals surface area (Å²) in [6.45, 7) is 9.02. The second-order valence-electron chi connectivity index (χ2n) is 17.3. The van der Waals surface area contributed by atoms with Crippen LogP contribution in [0.4, 0.5) is 0 Å². The van der Waals surface area contributed by atoms with Gasteiger partial charge in [0.1, 0.15) is 13.2 Å². The summed E-state index contributed by atoms with van der Waals surface area (Å²) in [5, 5.41) is 0. The van der Waals surface area contributed by atoms with E-state index in [1.165, 1.54) is 173 Å². The van der Waals surface area contributed by atoms with Crippen molar-refractivity contribution in [3.63, 3.8) is 0 Å². The van der Waals surface area contributed by atoms with Crippen LogP contribution in [-0.2, 0) is 28.6 Å². The molecular weight excluding hydrogens is 697 g/mol. The number of unbranched alkanes of at least 4 members (excludes halogenated alkanes) is 31. The second kappa shape index (κ2) is 44.5. The quantitative estimate of drug-likeness (QED) is 0.0347. The fraction of sp³-hybridized carbons (Fsp3) is 0.940. The first-order chi connectivity index (χ1) is 27.4. The van der Waals surface area contributed by atoms with Crippen molar-refractivity contribution in [1.82, 2.24) is 0 Å². The van der Waals surface area contributed by atoms with Gasteiger partial charge in [-0.25, -0.2) is 0 Å². The highest BCUT2D eigenvalue weighted by Gasteiger charge is 2.19. The molecule has 56 heavy (non-hydrogen) atoms. The molecule has 2 atom stereocenters. The SMILES string of the molecule is CCCCCCCCCCCCCCCCC(=O)OC[C@@H](COC(=O)CCCCCCCCCCCCCC)OC(=O)CCCCCCCCCCC(C)CC. The Morgan fingerprint density at radius 3 is 0.929 bits per heavy atom. The van der Waals surface area contributed by atoms with Crippen LogP contribution in [0.15, 0.2) is 0 Å². The highest BCUT2D eigenvalue weighted by molar-refractivity contribution is 5.71. The van der Waals surface area contributed by atoms with E-state index in [1.54, 1.807) is 0 Å². The van der Waals surface area contributed by atoms with Gasteiger partial charge in [-0.3, -0.25) is 14.4 Å². The highest BCUT2D eigenvalue weighted by Crippen LogP contribution is 2.17. The van der Waals surface area contributed by atoms with Crippen molar-refractivity contribution >= 4 is 17.9 Å². The molecule has 0 aromatic heterocycles. The molecule has 6 nitrogen and oxygen atoms in total. The van der Waals surface area contributed by atoms with Gasteiger partial charge < -0.3 is 14.2 Å². The van der Waals surface area contributed by atoms with Crippen molar-refractivity contribution in [2.45, 2.75) is 284 Å². The summed E-state index contributed by atoms with van der Waals surface area (Å²) >= 11 is 0. The first-order valence-electron chi connectivity index (χ1n) is 24.9. The van der Waals surface area contributed by atoms with Crippen LogP contribution in [0.2, 0.25) is 0 Å². The molecule has 0 heterocycles. The van der Waals surface area contributed by atoms with Crippen LogP contribution in [0.25, 0.3) is 0 Å². The molecule has 0 aliphatic heterocycles. The molecule has 0 bridgehead atoms. The summed E-state index contributed by atoms with van der Waals surface area (Å²) in [4.78, 5) is 37.8. The summed E-state index contributed by atoms with van der Waals surface area (Å²) < 4.78 is 16.8. The minimum atomic E-state index is -0.760. The number of ether oxygens (including phenoxy) is 3. The summed E-state index contributed by atoms with van der Waals surface area (Å²) in [6, 6.07) is 0. The van der Waals surface area contributed by atoms with Crippen LogP contribution in [0, 0.1) is 5.92 Å². The van der Waals surface area contributed by atoms with Crippen molar-refractivity contribution < 1.29 is 28.6 Å². The summed E-state index contributed by atoms with van der Waals surface area (Å²) in [5.74, 6) is -0.00389. The topological polar surface area (TPSA) is 78.9 Å². The van der Waals surface area contributed by atoms with Gasteiger partial charge in [0.15, 0.2) is 6.10 Å². The van der Waals surface area contributed by atoms with E-state index in [-0.39, 0.29) is 31.1 Å². The van der Waals surface area contributed by atoms with Gasteiger partial charge >= 0.3 is 17.9 Å². The highest BCUT2D eigenvalue weighted by atomic mass is 16.6. The van der Waals surface area contributed by atoms with Crippen LogP contribution in [0.5, 0.6) is 0 Å². The van der Waals surface area contributed by atoms with Crippen LogP contribution in [-0.4, -0.2) is 37.2 Å². The Bertz CT molecular complexity index is 843. The van der Waals surface area contributed by atoms with Crippen molar-refractivity contribution in [3.8, 4) is 0 Å². The van der Waals surface area contributed by atoms with E-state index in [0.717, 1.165) is 63.7 Å². The zero-order valence-corrected chi connectivity index (χ0v) is 38.1. The third-order valence-corrected chi connectivity index (χ3v) is 11.7. The lowest BCUT2D eigenvalue weighted by atomic mass is 9.99. The van der Waals surface area contributed by atoms with Gasteiger partial charge in [-0.15, -0.1) is 0 Å². The zero-order valence-electron chi connectivity index (χ0n) is 38.1. The van der Waals surface area contributed by atoms with Gasteiger partial charge in [0.2, 0.25) is 0 Å². The first-order valence-corrected chi connectivity index (χ1v) is 24.9. The van der Waals surface area contributed by atoms with Gasteiger partial charge in [-0.2, -0.15) is 0 Å². The molecule has 0 rings (SSSR count). The Hall–Kier alpha value is -1.59. The van der Waals surface area contributed by atoms with Gasteiger partial charge in [-0.05, 0) is 25.2 Å². The van der Waals surface area contributed by atoms with E-state index in [9.17, 15) is 14.4 Å². The lowest BCUT2D eigenvalue weighted by Gasteiger charge is -2.18. The second-order valence-corrected chi connectivity index (χ2v) is 17.3. The fourth-order valence-corrected chi connectivity index (χ4v) is 7.48. The average molecular weight is 793 g/mol. The molecule has 0 aromatic carbocycles. The molecule has 0 saturated carbocycles. The van der Waals surface area contributed by atoms with Crippen LogP contribution >= 0.6 is 0 Å². The Morgan fingerprint density at radius 2 is 0.625 bits per heavy atom. The number of carbonyl (C=O) groups is 3. The molecule has 0 aliphatic rings. The molecule has 332 valence electrons. The molecule has 1 unspecified atom stereocenters. The summed E-state index contributed by atoms with van der Waals surface area (Å²) in [6.07, 6.45) is 45.0. The third kappa shape index (κ3) is 42.0. The van der Waals surface area contributed by atoms with Crippen molar-refractivity contribution in [3.05, 3.63) is 0 Å². The van der Waals surface area contributed by atoms with Crippen molar-refractivity contribution in [2.24, 2.45) is 5.92 Å². The maximum Gasteiger partial charge on any atom is 0.306 e. The Labute approximate surface area is 348 Å². The molecule has 0 amide bonds. The minimum absolute atomic E-state index is 0.0634. The van der Waals surface area contributed by atoms with Gasteiger partial charge in [0, 0.05) is 19.3 Å². The monoisotopic (exact) mass is 793 g/mol. The Morgan fingerprint density at radius 1 is 0.357 bits per heavy atom. The summed E-state index contributed by atoms with van der Waals surface area (Å²) in [7, 11) is 0. The van der Waals surface area contributed by atoms with Crippen LogP contribution in [0.1, 0.15) is 278 Å². The smallest absolute Gasteiger partial charge is 0.306 e. The van der Waals surface area contributed by atoms with Gasteiger partial charge in [0.25, 0.3) is 0 Å². The van der Waals surface area contributed by atoms with E-state index >= 15 is 0 Å². The Kier molecular flexibility index (Phi) is 43.2. The lowest BCUT2D eigenvalue weighted by molar-refractivity contribution is -0.167. The zero-order chi connectivity index (χ0) is 41.0. The molecule has 0 spiro atoms. The molecule has 0 aliphatic carbocycles. The maximum atomic E-state index is 12.7. The van der Waals surface area contributed by atoms with Gasteiger partial charge in [0.05, 0.1) is 0 Å². The Balaban J connectivity index is 4.32. The molecule has 0 saturated heterocycles. The number of hydrogen-bond acceptors (Lipinski definition) is 6. The van der Waals surface area contributed by atoms with Crippen molar-refractivity contribution in [1.29, 1.82) is 0 Å². The molecule has 0 aromatic rings. The number of esters is 3. The lowest BCUT2D eigenvalue weighted by Crippen LogP contribution is -2.30. The molecule has 0 N–H and O–H groups in total. The standard InChI is InChI=1S/C50H96O6/c1-5-8-10-12-14-16-18-20-21-23-25-30-34-38-42-49(52)55-45-47(56-50(53)43-39-35-31-27-26-28-32-36-40-46(4)7-3)44-54-48(51)41-37-33-29-24-22-19-17-15-13-11-9-6-2/h46-47H,5-45H2,1-4H3/t46?,47-/m1/s1. The van der Waals surface area contributed by atoms with E-state index in [2.05, 4.69) is 27.7 Å². The number of hydrogen-bond donors (Lipinski definition) is 0. The number of rotatable bonds is 45. The predicted octanol–water partition coefficient (Wildman–Crippen LogP) is 15.9. The van der Waals surface area contributed by atoms with Crippen LogP contribution < -0.4 is 0 Å². The number of carbonyl (C=O) groups excluding carboxylic acids is 3. The predicted molar refractivity (Wildman–Crippen MR) is 238 cm³/mol. The first kappa shape index (κ1) is 54.4. The molecule has 0 fully saturated rings. The normalized spacial score (nSPS) is 12.4. The molecule has 6 heteroatoms. The van der Waals surface area contributed by atoms with Gasteiger partial charge in [-0.1, -0.05) is 240 Å². The van der Waals surface area contributed by atoms with E-state index < -0.39 is 6.10 Å². The van der Waals surface area contributed by atoms with E-state index in [0.29, 0.717) is 19.3 Å². The molecule has 0 radical (unpaired) electrons. The largest absolute Gasteiger partial charge is 0.462 e. The van der Waals surface area contributed by atoms with E-state index in [4.69, 9.17) is 14.2 Å². The average Bonchev–Trinajstić information content (AvgIpc) is 3.19. The molecular formula is C50H96O6. The van der Waals surface area contributed by atoms with Crippen LogP contribution in [0.3, 0.4) is 0 Å². The maximum absolute atomic E-state index is 12.7. The third-order valence-electron chi connectivity index (χ3n) is 11.7. The van der Waals surface area contributed by atoms with E-state index in [1.807, 2.05) is 0 Å². The summed E-state index contributed by atoms with van der Waals surface area (Å²) in [5.41, 5.74) is 0.